The maximum absolute atomic E-state index is 12.9. The molecular weight excluding hydrogens is 332 g/mol. The van der Waals surface area contributed by atoms with E-state index in [-0.39, 0.29) is 24.2 Å². The first-order valence-electron chi connectivity index (χ1n) is 8.86. The van der Waals surface area contributed by atoms with Crippen molar-refractivity contribution in [2.75, 3.05) is 6.54 Å². The number of benzene rings is 1. The summed E-state index contributed by atoms with van der Waals surface area (Å²) in [6.07, 6.45) is 6.66. The molecule has 0 radical (unpaired) electrons. The van der Waals surface area contributed by atoms with Gasteiger partial charge in [0.2, 0.25) is 0 Å². The van der Waals surface area contributed by atoms with E-state index in [9.17, 15) is 14.4 Å². The summed E-state index contributed by atoms with van der Waals surface area (Å²) in [5.41, 5.74) is 1.63. The average Bonchev–Trinajstić information content (AvgIpc) is 3.20. The minimum absolute atomic E-state index is 0.0338. The number of aliphatic carboxylic acids is 1. The Morgan fingerprint density at radius 3 is 2.42 bits per heavy atom. The largest absolute Gasteiger partial charge is 0.481 e. The topological polar surface area (TPSA) is 90.5 Å². The molecule has 1 saturated heterocycles. The second-order valence-corrected chi connectivity index (χ2v) is 6.59. The number of nitrogens with zero attached hydrogens (tertiary/aromatic N) is 1. The van der Waals surface area contributed by atoms with E-state index in [2.05, 4.69) is 4.98 Å². The van der Waals surface area contributed by atoms with Crippen molar-refractivity contribution in [3.05, 3.63) is 59.4 Å². The van der Waals surface area contributed by atoms with E-state index >= 15 is 0 Å². The van der Waals surface area contributed by atoms with Gasteiger partial charge in [-0.05, 0) is 43.9 Å². The summed E-state index contributed by atoms with van der Waals surface area (Å²) in [5.74, 6) is -1.03. The van der Waals surface area contributed by atoms with Crippen LogP contribution in [-0.4, -0.2) is 45.2 Å². The molecule has 1 aromatic heterocycles. The molecule has 1 aliphatic rings. The van der Waals surface area contributed by atoms with Gasteiger partial charge in [-0.2, -0.15) is 0 Å². The zero-order valence-corrected chi connectivity index (χ0v) is 14.5. The van der Waals surface area contributed by atoms with Gasteiger partial charge in [0.25, 0.3) is 5.91 Å². The summed E-state index contributed by atoms with van der Waals surface area (Å²) in [7, 11) is 0. The van der Waals surface area contributed by atoms with Crippen LogP contribution in [0.4, 0.5) is 0 Å². The Bertz CT molecular complexity index is 781. The number of aromatic amines is 1. The number of carboxylic acid groups (broad SMARTS) is 1. The number of carbonyl (C=O) groups excluding carboxylic acids is 2. The number of amides is 1. The van der Waals surface area contributed by atoms with Gasteiger partial charge in [0.1, 0.15) is 0 Å². The van der Waals surface area contributed by atoms with Crippen molar-refractivity contribution in [2.45, 2.75) is 38.1 Å². The number of likely N-dealkylation sites (tertiary alicyclic amines) is 1. The number of ketones is 1. The van der Waals surface area contributed by atoms with Crippen molar-refractivity contribution in [3.63, 3.8) is 0 Å². The molecule has 6 heteroatoms. The van der Waals surface area contributed by atoms with E-state index in [4.69, 9.17) is 5.11 Å². The van der Waals surface area contributed by atoms with Gasteiger partial charge in [-0.15, -0.1) is 0 Å². The Kier molecular flexibility index (Phi) is 5.51. The minimum Gasteiger partial charge on any atom is -0.481 e. The molecule has 2 N–H and O–H groups in total. The van der Waals surface area contributed by atoms with Gasteiger partial charge >= 0.3 is 5.97 Å². The van der Waals surface area contributed by atoms with Crippen LogP contribution in [0.1, 0.15) is 58.4 Å². The molecule has 1 amide bonds. The number of aromatic nitrogens is 1. The summed E-state index contributed by atoms with van der Waals surface area (Å²) < 4.78 is 0. The maximum atomic E-state index is 12.9. The molecule has 0 aliphatic carbocycles. The minimum atomic E-state index is -0.837. The van der Waals surface area contributed by atoms with Crippen LogP contribution < -0.4 is 0 Å². The molecule has 0 spiro atoms. The molecule has 1 atom stereocenters. The molecule has 1 fully saturated rings. The summed E-state index contributed by atoms with van der Waals surface area (Å²) in [6, 6.07) is 8.35. The number of H-pyrrole nitrogens is 1. The van der Waals surface area contributed by atoms with Gasteiger partial charge in [0.05, 0.1) is 0 Å². The van der Waals surface area contributed by atoms with Crippen LogP contribution in [0.2, 0.25) is 0 Å². The van der Waals surface area contributed by atoms with Gasteiger partial charge in [0, 0.05) is 48.1 Å². The highest BCUT2D eigenvalue weighted by Gasteiger charge is 2.27. The van der Waals surface area contributed by atoms with Crippen LogP contribution in [0, 0.1) is 0 Å². The van der Waals surface area contributed by atoms with Crippen LogP contribution in [0.15, 0.2) is 42.7 Å². The number of rotatable bonds is 6. The number of piperidine rings is 1. The molecule has 1 aromatic carbocycles. The summed E-state index contributed by atoms with van der Waals surface area (Å²) in [6.45, 7) is 0.646. The van der Waals surface area contributed by atoms with E-state index in [1.807, 2.05) is 0 Å². The average molecular weight is 354 g/mol. The lowest BCUT2D eigenvalue weighted by Gasteiger charge is -2.35. The number of carbonyl (C=O) groups is 3. The van der Waals surface area contributed by atoms with Gasteiger partial charge in [0.15, 0.2) is 5.78 Å². The lowest BCUT2D eigenvalue weighted by Crippen LogP contribution is -2.44. The maximum Gasteiger partial charge on any atom is 0.303 e. The molecule has 2 heterocycles. The van der Waals surface area contributed by atoms with Gasteiger partial charge in [-0.1, -0.05) is 12.1 Å². The summed E-state index contributed by atoms with van der Waals surface area (Å²) in [5, 5.41) is 8.91. The Hall–Kier alpha value is -2.89. The predicted molar refractivity (Wildman–Crippen MR) is 96.2 cm³/mol. The number of nitrogens with one attached hydrogen (secondary N) is 1. The SMILES string of the molecule is O=C(O)CC[C@@H]1CCCCN1C(=O)c1ccc(C(=O)c2cc[nH]c2)cc1. The zero-order chi connectivity index (χ0) is 18.5. The lowest BCUT2D eigenvalue weighted by molar-refractivity contribution is -0.137. The molecule has 26 heavy (non-hydrogen) atoms. The summed E-state index contributed by atoms with van der Waals surface area (Å²) in [4.78, 5) is 40.7. The third-order valence-electron chi connectivity index (χ3n) is 4.83. The normalized spacial score (nSPS) is 17.1. The van der Waals surface area contributed by atoms with Gasteiger partial charge in [-0.3, -0.25) is 14.4 Å². The Labute approximate surface area is 151 Å². The second kappa shape index (κ2) is 7.99. The van der Waals surface area contributed by atoms with Crippen molar-refractivity contribution in [1.29, 1.82) is 0 Å². The van der Waals surface area contributed by atoms with E-state index in [1.165, 1.54) is 0 Å². The van der Waals surface area contributed by atoms with E-state index in [0.717, 1.165) is 19.3 Å². The van der Waals surface area contributed by atoms with Crippen LogP contribution in [-0.2, 0) is 4.79 Å². The van der Waals surface area contributed by atoms with Crippen molar-refractivity contribution in [2.24, 2.45) is 0 Å². The van der Waals surface area contributed by atoms with Crippen molar-refractivity contribution >= 4 is 17.7 Å². The fourth-order valence-corrected chi connectivity index (χ4v) is 3.42. The Morgan fingerprint density at radius 2 is 1.77 bits per heavy atom. The molecule has 136 valence electrons. The molecular formula is C20H22N2O4. The molecule has 0 unspecified atom stereocenters. The molecule has 3 rings (SSSR count). The molecule has 6 nitrogen and oxygen atoms in total. The van der Waals surface area contributed by atoms with Gasteiger partial charge < -0.3 is 15.0 Å². The standard InChI is InChI=1S/C20H22N2O4/c23-18(24)9-8-17-3-1-2-12-22(17)20(26)15-6-4-14(5-7-15)19(25)16-10-11-21-13-16/h4-7,10-11,13,17,21H,1-3,8-9,12H2,(H,23,24)/t17-/m0/s1. The monoisotopic (exact) mass is 354 g/mol. The molecule has 0 bridgehead atoms. The van der Waals surface area contributed by atoms with Crippen LogP contribution in [0.5, 0.6) is 0 Å². The Morgan fingerprint density at radius 1 is 1.04 bits per heavy atom. The second-order valence-electron chi connectivity index (χ2n) is 6.59. The highest BCUT2D eigenvalue weighted by atomic mass is 16.4. The van der Waals surface area contributed by atoms with Crippen LogP contribution in [0.3, 0.4) is 0 Å². The fourth-order valence-electron chi connectivity index (χ4n) is 3.42. The van der Waals surface area contributed by atoms with E-state index in [0.29, 0.717) is 29.7 Å². The first-order chi connectivity index (χ1) is 12.6. The smallest absolute Gasteiger partial charge is 0.303 e. The number of hydrogen-bond acceptors (Lipinski definition) is 3. The highest BCUT2D eigenvalue weighted by molar-refractivity contribution is 6.09. The van der Waals surface area contributed by atoms with Crippen LogP contribution in [0.25, 0.3) is 0 Å². The van der Waals surface area contributed by atoms with Crippen molar-refractivity contribution in [1.82, 2.24) is 9.88 Å². The molecule has 2 aromatic rings. The number of hydrogen-bond donors (Lipinski definition) is 2. The van der Waals surface area contributed by atoms with E-state index < -0.39 is 5.97 Å². The van der Waals surface area contributed by atoms with Crippen molar-refractivity contribution < 1.29 is 19.5 Å². The Balaban J connectivity index is 1.72. The quantitative estimate of drug-likeness (QED) is 0.780. The fraction of sp³-hybridized carbons (Fsp3) is 0.350. The van der Waals surface area contributed by atoms with Crippen molar-refractivity contribution in [3.8, 4) is 0 Å². The molecule has 1 aliphatic heterocycles. The summed E-state index contributed by atoms with van der Waals surface area (Å²) >= 11 is 0. The third kappa shape index (κ3) is 4.02. The number of carboxylic acids is 1. The van der Waals surface area contributed by atoms with E-state index in [1.54, 1.807) is 47.6 Å². The molecule has 0 saturated carbocycles. The first kappa shape index (κ1) is 17.9. The third-order valence-corrected chi connectivity index (χ3v) is 4.83. The van der Waals surface area contributed by atoms with Crippen LogP contribution >= 0.6 is 0 Å². The predicted octanol–water partition coefficient (Wildman–Crippen LogP) is 3.11. The lowest BCUT2D eigenvalue weighted by atomic mass is 9.96. The van der Waals surface area contributed by atoms with Gasteiger partial charge in [-0.25, -0.2) is 0 Å². The zero-order valence-electron chi connectivity index (χ0n) is 14.5. The first-order valence-corrected chi connectivity index (χ1v) is 8.86. The highest BCUT2D eigenvalue weighted by Crippen LogP contribution is 2.23.